The van der Waals surface area contributed by atoms with E-state index in [1.54, 1.807) is 4.40 Å². The number of hydrogen-bond donors (Lipinski definition) is 1. The van der Waals surface area contributed by atoms with Crippen LogP contribution in [0.3, 0.4) is 0 Å². The van der Waals surface area contributed by atoms with Crippen molar-refractivity contribution in [3.63, 3.8) is 0 Å². The quantitative estimate of drug-likeness (QED) is 0.483. The van der Waals surface area contributed by atoms with E-state index in [0.29, 0.717) is 27.6 Å². The number of nitrogens with one attached hydrogen (secondary N) is 1. The number of benzene rings is 1. The number of nitrogens with zero attached hydrogens (tertiary/aromatic N) is 4. The molecule has 0 aliphatic heterocycles. The Morgan fingerprint density at radius 1 is 1.22 bits per heavy atom. The first-order valence-electron chi connectivity index (χ1n) is 10.7. The van der Waals surface area contributed by atoms with Gasteiger partial charge < -0.3 is 5.32 Å². The molecule has 0 radical (unpaired) electrons. The van der Waals surface area contributed by atoms with Gasteiger partial charge in [-0.1, -0.05) is 19.1 Å². The molecule has 0 aliphatic rings. The summed E-state index contributed by atoms with van der Waals surface area (Å²) in [6.07, 6.45) is 0.981. The van der Waals surface area contributed by atoms with Crippen LogP contribution in [0.2, 0.25) is 0 Å². The average Bonchev–Trinajstić information content (AvgIpc) is 3.31. The van der Waals surface area contributed by atoms with E-state index in [1.165, 1.54) is 11.3 Å². The van der Waals surface area contributed by atoms with Crippen molar-refractivity contribution in [3.05, 3.63) is 68.7 Å². The molecular weight excluding hydrogens is 422 g/mol. The molecule has 4 rings (SSSR count). The van der Waals surface area contributed by atoms with Gasteiger partial charge in [0.15, 0.2) is 4.96 Å². The zero-order chi connectivity index (χ0) is 23.0. The van der Waals surface area contributed by atoms with Crippen molar-refractivity contribution in [3.8, 4) is 16.9 Å². The average molecular weight is 450 g/mol. The number of carbonyl (C=O) groups is 1. The Kier molecular flexibility index (Phi) is 5.97. The third-order valence-corrected chi connectivity index (χ3v) is 6.45. The van der Waals surface area contributed by atoms with Crippen LogP contribution in [0.25, 0.3) is 21.9 Å². The molecule has 32 heavy (non-hydrogen) atoms. The molecule has 1 aromatic carbocycles. The summed E-state index contributed by atoms with van der Waals surface area (Å²) in [7, 11) is 0. The third-order valence-electron chi connectivity index (χ3n) is 5.57. The van der Waals surface area contributed by atoms with Gasteiger partial charge in [0, 0.05) is 22.8 Å². The number of aryl methyl sites for hydroxylation is 3. The summed E-state index contributed by atoms with van der Waals surface area (Å²) in [6, 6.07) is 10.1. The van der Waals surface area contributed by atoms with Gasteiger partial charge in [0.05, 0.1) is 23.4 Å². The second-order valence-electron chi connectivity index (χ2n) is 8.20. The van der Waals surface area contributed by atoms with Crippen LogP contribution in [-0.4, -0.2) is 31.1 Å². The van der Waals surface area contributed by atoms with E-state index in [0.717, 1.165) is 23.4 Å². The molecule has 166 valence electrons. The number of thiazole rings is 1. The monoisotopic (exact) mass is 449 g/mol. The van der Waals surface area contributed by atoms with Gasteiger partial charge in [-0.2, -0.15) is 5.10 Å². The lowest BCUT2D eigenvalue weighted by molar-refractivity contribution is -0.121. The van der Waals surface area contributed by atoms with E-state index in [4.69, 9.17) is 5.10 Å². The highest BCUT2D eigenvalue weighted by Crippen LogP contribution is 2.23. The Labute approximate surface area is 190 Å². The van der Waals surface area contributed by atoms with Crippen molar-refractivity contribution in [2.45, 2.75) is 53.5 Å². The number of aromatic nitrogens is 4. The number of amides is 1. The predicted octanol–water partition coefficient (Wildman–Crippen LogP) is 3.99. The van der Waals surface area contributed by atoms with Gasteiger partial charge in [0.1, 0.15) is 5.69 Å². The summed E-state index contributed by atoms with van der Waals surface area (Å²) < 4.78 is 3.38. The van der Waals surface area contributed by atoms with Gasteiger partial charge in [-0.25, -0.2) is 9.67 Å². The van der Waals surface area contributed by atoms with E-state index >= 15 is 0 Å². The van der Waals surface area contributed by atoms with Crippen molar-refractivity contribution < 1.29 is 4.79 Å². The maximum absolute atomic E-state index is 13.6. The Balaban J connectivity index is 1.78. The lowest BCUT2D eigenvalue weighted by atomic mass is 10.1. The van der Waals surface area contributed by atoms with E-state index in [2.05, 4.69) is 16.4 Å². The van der Waals surface area contributed by atoms with Crippen molar-refractivity contribution in [2.75, 3.05) is 0 Å². The lowest BCUT2D eigenvalue weighted by Gasteiger charge is -2.11. The largest absolute Gasteiger partial charge is 0.353 e. The normalized spacial score (nSPS) is 12.3. The summed E-state index contributed by atoms with van der Waals surface area (Å²) in [5, 5.41) is 9.52. The molecule has 0 saturated carbocycles. The molecule has 8 heteroatoms. The molecule has 0 fully saturated rings. The van der Waals surface area contributed by atoms with E-state index < -0.39 is 0 Å². The lowest BCUT2D eigenvalue weighted by Crippen LogP contribution is -2.34. The van der Waals surface area contributed by atoms with Crippen LogP contribution >= 0.6 is 11.3 Å². The van der Waals surface area contributed by atoms with Crippen molar-refractivity contribution in [1.29, 1.82) is 0 Å². The summed E-state index contributed by atoms with van der Waals surface area (Å²) >= 11 is 1.37. The van der Waals surface area contributed by atoms with Crippen LogP contribution in [0, 0.1) is 20.8 Å². The molecule has 0 saturated heterocycles. The zero-order valence-corrected chi connectivity index (χ0v) is 19.8. The first-order chi connectivity index (χ1) is 15.3. The fourth-order valence-electron chi connectivity index (χ4n) is 3.73. The molecule has 1 N–H and O–H groups in total. The molecular formula is C24H27N5O2S. The molecule has 0 unspecified atom stereocenters. The molecule has 1 atom stereocenters. The Hall–Kier alpha value is -3.26. The Morgan fingerprint density at radius 3 is 2.72 bits per heavy atom. The molecule has 0 bridgehead atoms. The summed E-state index contributed by atoms with van der Waals surface area (Å²) in [5.41, 5.74) is 5.10. The molecule has 0 spiro atoms. The molecule has 0 aliphatic carbocycles. The van der Waals surface area contributed by atoms with Crippen LogP contribution in [0.15, 0.2) is 40.5 Å². The van der Waals surface area contributed by atoms with Gasteiger partial charge in [-0.15, -0.1) is 11.3 Å². The van der Waals surface area contributed by atoms with Gasteiger partial charge >= 0.3 is 0 Å². The highest BCUT2D eigenvalue weighted by atomic mass is 32.1. The standard InChI is InChI=1S/C24H27N5O2S/c1-6-15(3)25-21(30)12-19-13-32-24-26-17(5)22(23(31)28(19)24)20-11-16(4)29(27-20)18-9-7-8-14(2)10-18/h7-11,13,15H,6,12H2,1-5H3,(H,25,30)/t15-/m0/s1. The summed E-state index contributed by atoms with van der Waals surface area (Å²) in [6.45, 7) is 9.81. The highest BCUT2D eigenvalue weighted by molar-refractivity contribution is 7.15. The van der Waals surface area contributed by atoms with Gasteiger partial charge in [-0.3, -0.25) is 14.0 Å². The molecule has 3 aromatic heterocycles. The minimum absolute atomic E-state index is 0.0913. The van der Waals surface area contributed by atoms with Crippen LogP contribution < -0.4 is 10.9 Å². The smallest absolute Gasteiger partial charge is 0.268 e. The number of rotatable bonds is 6. The topological polar surface area (TPSA) is 81.3 Å². The second kappa shape index (κ2) is 8.70. The first kappa shape index (κ1) is 22.0. The molecule has 7 nitrogen and oxygen atoms in total. The summed E-state index contributed by atoms with van der Waals surface area (Å²) in [5.74, 6) is -0.104. The van der Waals surface area contributed by atoms with E-state index in [-0.39, 0.29) is 23.9 Å². The van der Waals surface area contributed by atoms with Crippen LogP contribution in [-0.2, 0) is 11.2 Å². The number of fused-ring (bicyclic) bond motifs is 1. The van der Waals surface area contributed by atoms with Crippen LogP contribution in [0.4, 0.5) is 0 Å². The third kappa shape index (κ3) is 4.10. The molecule has 3 heterocycles. The number of hydrogen-bond acceptors (Lipinski definition) is 5. The van der Waals surface area contributed by atoms with Gasteiger partial charge in [-0.05, 0) is 57.9 Å². The maximum Gasteiger partial charge on any atom is 0.268 e. The van der Waals surface area contributed by atoms with Gasteiger partial charge in [0.2, 0.25) is 5.91 Å². The van der Waals surface area contributed by atoms with Gasteiger partial charge in [0.25, 0.3) is 5.56 Å². The highest BCUT2D eigenvalue weighted by Gasteiger charge is 2.20. The first-order valence-corrected chi connectivity index (χ1v) is 11.6. The van der Waals surface area contributed by atoms with E-state index in [9.17, 15) is 9.59 Å². The van der Waals surface area contributed by atoms with Crippen LogP contribution in [0.5, 0.6) is 0 Å². The minimum atomic E-state index is -0.200. The van der Waals surface area contributed by atoms with Crippen LogP contribution in [0.1, 0.15) is 42.9 Å². The van der Waals surface area contributed by atoms with Crippen molar-refractivity contribution >= 4 is 22.2 Å². The SMILES string of the molecule is CC[C@H](C)NC(=O)Cc1csc2nc(C)c(-c3cc(C)n(-c4cccc(C)c4)n3)c(=O)n12. The Morgan fingerprint density at radius 2 is 2.00 bits per heavy atom. The Bertz CT molecular complexity index is 1360. The fourth-order valence-corrected chi connectivity index (χ4v) is 4.66. The predicted molar refractivity (Wildman–Crippen MR) is 128 cm³/mol. The summed E-state index contributed by atoms with van der Waals surface area (Å²) in [4.78, 5) is 31.2. The van der Waals surface area contributed by atoms with E-state index in [1.807, 2.05) is 68.9 Å². The molecule has 1 amide bonds. The zero-order valence-electron chi connectivity index (χ0n) is 19.0. The molecule has 4 aromatic rings. The van der Waals surface area contributed by atoms with Crippen molar-refractivity contribution in [2.24, 2.45) is 0 Å². The fraction of sp³-hybridized carbons (Fsp3) is 0.333. The van der Waals surface area contributed by atoms with Crippen molar-refractivity contribution in [1.82, 2.24) is 24.5 Å². The number of carbonyl (C=O) groups excluding carboxylic acids is 1. The minimum Gasteiger partial charge on any atom is -0.353 e. The second-order valence-corrected chi connectivity index (χ2v) is 9.03. The maximum atomic E-state index is 13.6.